The summed E-state index contributed by atoms with van der Waals surface area (Å²) in [5.41, 5.74) is -1.47. The van der Waals surface area contributed by atoms with E-state index in [0.717, 1.165) is 20.0 Å². The van der Waals surface area contributed by atoms with Crippen LogP contribution in [0.1, 0.15) is 81.1 Å². The average molecular weight is 521 g/mol. The molecule has 0 aromatic carbocycles. The highest BCUT2D eigenvalue weighted by molar-refractivity contribution is 6.34. The number of methoxy groups -OCH3 is 1. The molecule has 1 N–H and O–H groups in total. The number of alkyl carbamates (subject to hydrolysis) is 1. The van der Waals surface area contributed by atoms with E-state index in [4.69, 9.17) is 4.74 Å². The second-order valence-corrected chi connectivity index (χ2v) is 13.7. The molecule has 5 atom stereocenters. The van der Waals surface area contributed by atoms with Crippen molar-refractivity contribution in [2.45, 2.75) is 98.8 Å². The molecule has 0 aromatic heterocycles. The van der Waals surface area contributed by atoms with Crippen LogP contribution in [0.3, 0.4) is 0 Å². The Labute approximate surface area is 220 Å². The molecule has 0 radical (unpaired) electrons. The summed E-state index contributed by atoms with van der Waals surface area (Å²) < 4.78 is 10.0. The first kappa shape index (κ1) is 29.1. The van der Waals surface area contributed by atoms with E-state index in [1.54, 1.807) is 25.7 Å². The second kappa shape index (κ2) is 10.0. The molecule has 0 spiro atoms. The molecule has 1 saturated heterocycles. The molecule has 3 rings (SSSR count). The number of hydrogen-bond donors (Lipinski definition) is 1. The summed E-state index contributed by atoms with van der Waals surface area (Å²) >= 11 is 0. The molecular formula is C28H44N2O7. The molecule has 9 heteroatoms. The van der Waals surface area contributed by atoms with Crippen molar-refractivity contribution in [2.75, 3.05) is 13.7 Å². The maximum Gasteiger partial charge on any atom is 0.408 e. The Morgan fingerprint density at radius 1 is 1.03 bits per heavy atom. The quantitative estimate of drug-likeness (QED) is 0.365. The smallest absolute Gasteiger partial charge is 0.408 e. The van der Waals surface area contributed by atoms with Crippen molar-refractivity contribution in [1.29, 1.82) is 0 Å². The fraction of sp³-hybridized carbons (Fsp3) is 0.821. The Bertz CT molecular complexity index is 955. The monoisotopic (exact) mass is 520 g/mol. The van der Waals surface area contributed by atoms with Crippen molar-refractivity contribution in [2.24, 2.45) is 34.5 Å². The minimum absolute atomic E-state index is 0.0269. The van der Waals surface area contributed by atoms with Gasteiger partial charge in [-0.1, -0.05) is 47.5 Å². The van der Waals surface area contributed by atoms with E-state index in [2.05, 4.69) is 23.9 Å². The van der Waals surface area contributed by atoms with Crippen LogP contribution >= 0.6 is 0 Å². The molecule has 2 saturated carbocycles. The highest BCUT2D eigenvalue weighted by Crippen LogP contribution is 2.65. The molecule has 3 aliphatic rings. The van der Waals surface area contributed by atoms with E-state index in [1.165, 1.54) is 0 Å². The van der Waals surface area contributed by atoms with Gasteiger partial charge in [0.1, 0.15) is 11.6 Å². The van der Waals surface area contributed by atoms with Crippen molar-refractivity contribution < 1.29 is 33.4 Å². The Morgan fingerprint density at radius 2 is 1.62 bits per heavy atom. The molecule has 1 heterocycles. The number of carbonyl (C=O) groups excluding carboxylic acids is 5. The lowest BCUT2D eigenvalue weighted by Gasteiger charge is -2.38. The third-order valence-electron chi connectivity index (χ3n) is 8.12. The highest BCUT2D eigenvalue weighted by Gasteiger charge is 2.69. The molecule has 9 nitrogen and oxygen atoms in total. The van der Waals surface area contributed by atoms with Crippen LogP contribution < -0.4 is 5.32 Å². The van der Waals surface area contributed by atoms with Gasteiger partial charge in [-0.2, -0.15) is 0 Å². The van der Waals surface area contributed by atoms with Crippen molar-refractivity contribution >= 4 is 29.5 Å². The van der Waals surface area contributed by atoms with E-state index in [9.17, 15) is 24.0 Å². The standard InChI is InChI=1S/C28H44N2O7/c1-26(2,3)22(29-25(35)37-27(4,5)6)23(33)30-14-17-19(28(17,7)8)20(30)18(31)13-16(12-15-10-11-15)21(32)24(34)36-9/h15-17,19-20,22H,10-14H2,1-9H3,(H,29,35)/t16?,17?,19-,20+,22+/m0/s1. The summed E-state index contributed by atoms with van der Waals surface area (Å²) in [6.45, 7) is 15.4. The Kier molecular flexibility index (Phi) is 7.89. The van der Waals surface area contributed by atoms with Gasteiger partial charge in [0, 0.05) is 18.9 Å². The third-order valence-corrected chi connectivity index (χ3v) is 8.12. The van der Waals surface area contributed by atoms with E-state index in [1.807, 2.05) is 20.8 Å². The number of nitrogens with zero attached hydrogens (tertiary/aromatic N) is 1. The van der Waals surface area contributed by atoms with Crippen molar-refractivity contribution in [1.82, 2.24) is 10.2 Å². The van der Waals surface area contributed by atoms with E-state index in [0.29, 0.717) is 18.9 Å². The van der Waals surface area contributed by atoms with Crippen LogP contribution in [0.4, 0.5) is 4.79 Å². The lowest BCUT2D eigenvalue weighted by molar-refractivity contribution is -0.154. The van der Waals surface area contributed by atoms with E-state index < -0.39 is 46.9 Å². The third kappa shape index (κ3) is 6.52. The first-order chi connectivity index (χ1) is 16.9. The van der Waals surface area contributed by atoms with E-state index in [-0.39, 0.29) is 35.4 Å². The minimum atomic E-state index is -0.934. The Balaban J connectivity index is 1.83. The number of hydrogen-bond acceptors (Lipinski definition) is 7. The lowest BCUT2D eigenvalue weighted by Crippen LogP contribution is -2.58. The van der Waals surface area contributed by atoms with Crippen molar-refractivity contribution in [3.05, 3.63) is 0 Å². The summed E-state index contributed by atoms with van der Waals surface area (Å²) in [4.78, 5) is 66.6. The molecule has 2 aliphatic carbocycles. The zero-order chi connectivity index (χ0) is 28.1. The van der Waals surface area contributed by atoms with E-state index >= 15 is 0 Å². The number of ketones is 2. The van der Waals surface area contributed by atoms with Gasteiger partial charge < -0.3 is 19.7 Å². The number of ether oxygens (including phenoxy) is 2. The maximum absolute atomic E-state index is 13.9. The number of piperidine rings is 1. The number of esters is 1. The van der Waals surface area contributed by atoms with Gasteiger partial charge in [-0.15, -0.1) is 0 Å². The summed E-state index contributed by atoms with van der Waals surface area (Å²) in [5, 5.41) is 2.74. The molecule has 2 unspecified atom stereocenters. The van der Waals surface area contributed by atoms with Crippen LogP contribution in [-0.2, 0) is 28.7 Å². The number of nitrogens with one attached hydrogen (secondary N) is 1. The first-order valence-electron chi connectivity index (χ1n) is 13.3. The highest BCUT2D eigenvalue weighted by atomic mass is 16.6. The van der Waals surface area contributed by atoms with Crippen LogP contribution in [0.25, 0.3) is 0 Å². The van der Waals surface area contributed by atoms with Gasteiger partial charge >= 0.3 is 12.1 Å². The van der Waals surface area contributed by atoms with Crippen LogP contribution in [0.15, 0.2) is 0 Å². The maximum atomic E-state index is 13.9. The molecule has 1 aliphatic heterocycles. The Morgan fingerprint density at radius 3 is 2.11 bits per heavy atom. The topological polar surface area (TPSA) is 119 Å². The molecule has 0 aromatic rings. The molecule has 0 bridgehead atoms. The minimum Gasteiger partial charge on any atom is -0.463 e. The fourth-order valence-corrected chi connectivity index (χ4v) is 5.79. The zero-order valence-electron chi connectivity index (χ0n) is 23.8. The summed E-state index contributed by atoms with van der Waals surface area (Å²) in [5.74, 6) is -2.44. The normalized spacial score (nSPS) is 26.0. The molecule has 37 heavy (non-hydrogen) atoms. The first-order valence-corrected chi connectivity index (χ1v) is 13.3. The fourth-order valence-electron chi connectivity index (χ4n) is 5.79. The SMILES string of the molecule is COC(=O)C(=O)C(CC(=O)[C@@H]1[C@@H]2C(CN1C(=O)[C@@H](NC(=O)OC(C)(C)C)C(C)(C)C)C2(C)C)CC1CC1. The van der Waals surface area contributed by atoms with Crippen LogP contribution in [0, 0.1) is 34.5 Å². The number of rotatable bonds is 9. The van der Waals surface area contributed by atoms with Crippen LogP contribution in [-0.4, -0.2) is 65.8 Å². The number of likely N-dealkylation sites (tertiary alicyclic amines) is 1. The zero-order valence-corrected chi connectivity index (χ0v) is 23.8. The predicted octanol–water partition coefficient (Wildman–Crippen LogP) is 3.53. The molecule has 208 valence electrons. The largest absolute Gasteiger partial charge is 0.463 e. The predicted molar refractivity (Wildman–Crippen MR) is 136 cm³/mol. The molecular weight excluding hydrogens is 476 g/mol. The van der Waals surface area contributed by atoms with Gasteiger partial charge in [0.25, 0.3) is 0 Å². The van der Waals surface area contributed by atoms with Crippen LogP contribution in [0.2, 0.25) is 0 Å². The number of fused-ring (bicyclic) bond motifs is 1. The summed E-state index contributed by atoms with van der Waals surface area (Å²) in [6, 6.07) is -1.61. The number of Topliss-reactive ketones (excluding diaryl/α,β-unsaturated/α-hetero) is 2. The molecule has 2 amide bonds. The van der Waals surface area contributed by atoms with Gasteiger partial charge in [0.2, 0.25) is 11.7 Å². The summed E-state index contributed by atoms with van der Waals surface area (Å²) in [7, 11) is 1.16. The second-order valence-electron chi connectivity index (χ2n) is 13.7. The Hall–Kier alpha value is -2.45. The lowest BCUT2D eigenvalue weighted by atomic mass is 9.84. The van der Waals surface area contributed by atoms with Crippen molar-refractivity contribution in [3.63, 3.8) is 0 Å². The number of amides is 2. The van der Waals surface area contributed by atoms with Gasteiger partial charge in [-0.05, 0) is 55.8 Å². The van der Waals surface area contributed by atoms with Gasteiger partial charge in [0.15, 0.2) is 5.78 Å². The van der Waals surface area contributed by atoms with Crippen molar-refractivity contribution in [3.8, 4) is 0 Å². The van der Waals surface area contributed by atoms with Gasteiger partial charge in [0.05, 0.1) is 13.2 Å². The molecule has 3 fully saturated rings. The average Bonchev–Trinajstić information content (AvgIpc) is 3.60. The number of carbonyl (C=O) groups is 5. The van der Waals surface area contributed by atoms with Crippen LogP contribution in [0.5, 0.6) is 0 Å². The van der Waals surface area contributed by atoms with Gasteiger partial charge in [-0.3, -0.25) is 14.4 Å². The summed E-state index contributed by atoms with van der Waals surface area (Å²) in [6.07, 6.45) is 1.64. The van der Waals surface area contributed by atoms with Gasteiger partial charge in [-0.25, -0.2) is 9.59 Å².